The molecule has 0 saturated heterocycles. The zero-order chi connectivity index (χ0) is 19.6. The number of aliphatic carboxylic acids is 1. The first-order chi connectivity index (χ1) is 12.8. The van der Waals surface area contributed by atoms with Crippen LogP contribution in [0.5, 0.6) is 5.75 Å². The zero-order valence-corrected chi connectivity index (χ0v) is 15.0. The summed E-state index contributed by atoms with van der Waals surface area (Å²) in [6.45, 7) is -0.162. The Bertz CT molecular complexity index is 1110. The van der Waals surface area contributed by atoms with E-state index in [2.05, 4.69) is 14.7 Å². The Morgan fingerprint density at radius 3 is 2.78 bits per heavy atom. The maximum Gasteiger partial charge on any atom is 0.307 e. The predicted molar refractivity (Wildman–Crippen MR) is 94.4 cm³/mol. The van der Waals surface area contributed by atoms with Crippen LogP contribution in [0.25, 0.3) is 11.0 Å². The smallest absolute Gasteiger partial charge is 0.307 e. The molecule has 2 aromatic carbocycles. The van der Waals surface area contributed by atoms with Gasteiger partial charge in [0.25, 0.3) is 0 Å². The van der Waals surface area contributed by atoms with Gasteiger partial charge in [-0.25, -0.2) is 22.5 Å². The van der Waals surface area contributed by atoms with E-state index >= 15 is 0 Å². The van der Waals surface area contributed by atoms with Crippen molar-refractivity contribution in [3.8, 4) is 5.75 Å². The Labute approximate surface area is 154 Å². The number of nitrogens with zero attached hydrogens (tertiary/aromatic N) is 1. The van der Waals surface area contributed by atoms with E-state index in [-0.39, 0.29) is 23.6 Å². The highest BCUT2D eigenvalue weighted by molar-refractivity contribution is 7.89. The number of aromatic nitrogens is 2. The Hall–Kier alpha value is -2.98. The van der Waals surface area contributed by atoms with Crippen molar-refractivity contribution in [2.24, 2.45) is 0 Å². The normalized spacial score (nSPS) is 11.6. The lowest BCUT2D eigenvalue weighted by Crippen LogP contribution is -2.24. The molecule has 1 heterocycles. The number of sulfonamides is 1. The number of imidazole rings is 1. The van der Waals surface area contributed by atoms with Crippen molar-refractivity contribution in [1.29, 1.82) is 0 Å². The van der Waals surface area contributed by atoms with Gasteiger partial charge in [-0.2, -0.15) is 0 Å². The minimum absolute atomic E-state index is 0.0864. The predicted octanol–water partition coefficient (Wildman–Crippen LogP) is 1.82. The summed E-state index contributed by atoms with van der Waals surface area (Å²) in [4.78, 5) is 17.7. The van der Waals surface area contributed by atoms with Crippen molar-refractivity contribution >= 4 is 27.0 Å². The summed E-state index contributed by atoms with van der Waals surface area (Å²) in [6.07, 6.45) is -0.318. The minimum Gasteiger partial charge on any atom is -0.495 e. The molecule has 0 amide bonds. The van der Waals surface area contributed by atoms with Crippen molar-refractivity contribution in [3.63, 3.8) is 0 Å². The molecule has 10 heteroatoms. The van der Waals surface area contributed by atoms with Gasteiger partial charge >= 0.3 is 5.97 Å². The molecule has 0 bridgehead atoms. The Morgan fingerprint density at radius 1 is 1.30 bits per heavy atom. The lowest BCUT2D eigenvalue weighted by Gasteiger charge is -2.11. The number of nitrogens with one attached hydrogen (secondary N) is 2. The number of halogens is 1. The molecule has 0 unspecified atom stereocenters. The van der Waals surface area contributed by atoms with Gasteiger partial charge in [-0.3, -0.25) is 4.79 Å². The second-order valence-electron chi connectivity index (χ2n) is 5.73. The number of rotatable bonds is 7. The first-order valence-corrected chi connectivity index (χ1v) is 9.29. The molecular formula is C17H16FN3O5S. The van der Waals surface area contributed by atoms with E-state index in [0.29, 0.717) is 22.4 Å². The van der Waals surface area contributed by atoms with E-state index in [4.69, 9.17) is 9.84 Å². The van der Waals surface area contributed by atoms with Crippen molar-refractivity contribution < 1.29 is 27.4 Å². The van der Waals surface area contributed by atoms with E-state index in [1.165, 1.54) is 43.5 Å². The molecule has 3 aromatic rings. The van der Waals surface area contributed by atoms with Gasteiger partial charge in [0.05, 0.1) is 31.1 Å². The summed E-state index contributed by atoms with van der Waals surface area (Å²) in [5.41, 5.74) is 1.28. The molecule has 0 saturated carbocycles. The number of ether oxygens (including phenoxy) is 1. The van der Waals surface area contributed by atoms with Gasteiger partial charge in [0, 0.05) is 0 Å². The number of hydrogen-bond acceptors (Lipinski definition) is 5. The van der Waals surface area contributed by atoms with Crippen LogP contribution in [0.4, 0.5) is 4.39 Å². The molecule has 0 atom stereocenters. The molecule has 0 fully saturated rings. The maximum absolute atomic E-state index is 13.2. The van der Waals surface area contributed by atoms with Crippen LogP contribution < -0.4 is 9.46 Å². The quantitative estimate of drug-likeness (QED) is 0.563. The van der Waals surface area contributed by atoms with Crippen LogP contribution >= 0.6 is 0 Å². The second-order valence-corrected chi connectivity index (χ2v) is 7.46. The number of methoxy groups -OCH3 is 1. The van der Waals surface area contributed by atoms with Crippen molar-refractivity contribution in [2.45, 2.75) is 17.9 Å². The molecular weight excluding hydrogens is 377 g/mol. The molecule has 0 aliphatic rings. The van der Waals surface area contributed by atoms with Crippen molar-refractivity contribution in [1.82, 2.24) is 14.7 Å². The molecule has 142 valence electrons. The third kappa shape index (κ3) is 4.23. The Morgan fingerprint density at radius 2 is 2.07 bits per heavy atom. The molecule has 1 aromatic heterocycles. The van der Waals surface area contributed by atoms with E-state index in [1.54, 1.807) is 0 Å². The van der Waals surface area contributed by atoms with Crippen LogP contribution in [0, 0.1) is 5.82 Å². The molecule has 3 rings (SSSR count). The summed E-state index contributed by atoms with van der Waals surface area (Å²) in [7, 11) is -2.69. The van der Waals surface area contributed by atoms with Gasteiger partial charge in [-0.05, 0) is 35.9 Å². The Balaban J connectivity index is 1.85. The highest BCUT2D eigenvalue weighted by atomic mass is 32.2. The fourth-order valence-corrected chi connectivity index (χ4v) is 3.78. The average molecular weight is 393 g/mol. The molecule has 0 radical (unpaired) electrons. The molecule has 0 aliphatic heterocycles. The standard InChI is InChI=1S/C17H16FN3O5S/c1-26-14-5-2-10(7-17(22)23)6-15(14)27(24,25)19-9-16-20-12-4-3-11(18)8-13(12)21-16/h2-6,8,19H,7,9H2,1H3,(H,20,21)(H,22,23). The maximum atomic E-state index is 13.2. The van der Waals surface area contributed by atoms with Crippen LogP contribution in [0.15, 0.2) is 41.3 Å². The third-order valence-electron chi connectivity index (χ3n) is 3.80. The van der Waals surface area contributed by atoms with Gasteiger partial charge in [-0.15, -0.1) is 0 Å². The molecule has 0 spiro atoms. The average Bonchev–Trinajstić information content (AvgIpc) is 3.01. The van der Waals surface area contributed by atoms with Crippen LogP contribution in [0.1, 0.15) is 11.4 Å². The number of H-pyrrole nitrogens is 1. The molecule has 3 N–H and O–H groups in total. The fourth-order valence-electron chi connectivity index (χ4n) is 2.58. The molecule has 0 aliphatic carbocycles. The number of aromatic amines is 1. The van der Waals surface area contributed by atoms with Crippen LogP contribution in [-0.2, 0) is 27.8 Å². The highest BCUT2D eigenvalue weighted by Gasteiger charge is 2.21. The zero-order valence-electron chi connectivity index (χ0n) is 14.2. The van der Waals surface area contributed by atoms with E-state index in [1.807, 2.05) is 0 Å². The minimum atomic E-state index is -4.01. The van der Waals surface area contributed by atoms with E-state index < -0.39 is 21.8 Å². The first-order valence-electron chi connectivity index (χ1n) is 7.81. The Kier molecular flexibility index (Phi) is 5.10. The van der Waals surface area contributed by atoms with Crippen molar-refractivity contribution in [2.75, 3.05) is 7.11 Å². The summed E-state index contributed by atoms with van der Waals surface area (Å²) >= 11 is 0. The summed E-state index contributed by atoms with van der Waals surface area (Å²) in [5, 5.41) is 8.89. The first kappa shape index (κ1) is 18.8. The number of carbonyl (C=O) groups is 1. The van der Waals surface area contributed by atoms with Crippen LogP contribution in [-0.4, -0.2) is 36.6 Å². The van der Waals surface area contributed by atoms with Gasteiger partial charge < -0.3 is 14.8 Å². The summed E-state index contributed by atoms with van der Waals surface area (Å²) < 4.78 is 46.0. The number of benzene rings is 2. The number of carboxylic acids is 1. The largest absolute Gasteiger partial charge is 0.495 e. The molecule has 8 nitrogen and oxygen atoms in total. The van der Waals surface area contributed by atoms with Crippen LogP contribution in [0.3, 0.4) is 0 Å². The SMILES string of the molecule is COc1ccc(CC(=O)O)cc1S(=O)(=O)NCc1nc2ccc(F)cc2[nH]1. The number of hydrogen-bond donors (Lipinski definition) is 3. The lowest BCUT2D eigenvalue weighted by molar-refractivity contribution is -0.136. The van der Waals surface area contributed by atoms with Gasteiger partial charge in [0.15, 0.2) is 0 Å². The topological polar surface area (TPSA) is 121 Å². The summed E-state index contributed by atoms with van der Waals surface area (Å²) in [6, 6.07) is 8.14. The monoisotopic (exact) mass is 393 g/mol. The molecule has 27 heavy (non-hydrogen) atoms. The third-order valence-corrected chi connectivity index (χ3v) is 5.22. The number of carboxylic acid groups (broad SMARTS) is 1. The van der Waals surface area contributed by atoms with Gasteiger partial charge in [-0.1, -0.05) is 6.07 Å². The van der Waals surface area contributed by atoms with E-state index in [0.717, 1.165) is 0 Å². The van der Waals surface area contributed by atoms with E-state index in [9.17, 15) is 17.6 Å². The highest BCUT2D eigenvalue weighted by Crippen LogP contribution is 2.25. The summed E-state index contributed by atoms with van der Waals surface area (Å²) in [5.74, 6) is -1.12. The van der Waals surface area contributed by atoms with Gasteiger partial charge in [0.2, 0.25) is 10.0 Å². The fraction of sp³-hybridized carbons (Fsp3) is 0.176. The number of fused-ring (bicyclic) bond motifs is 1. The van der Waals surface area contributed by atoms with Gasteiger partial charge in [0.1, 0.15) is 22.3 Å². The van der Waals surface area contributed by atoms with Crippen molar-refractivity contribution in [3.05, 3.63) is 53.6 Å². The lowest BCUT2D eigenvalue weighted by atomic mass is 10.1. The second kappa shape index (κ2) is 7.33. The van der Waals surface area contributed by atoms with Crippen LogP contribution in [0.2, 0.25) is 0 Å².